The standard InChI is InChI=1S/2C4H10.H3N.2H3O3PS/c2*1-3-4-2;;2*1-4(2,3)5/h2*3-4H2,1-2H3;1H3;2*(H3,1,2,3,5). The maximum absolute atomic E-state index is 7.56. The van der Waals surface area contributed by atoms with Crippen LogP contribution >= 0.6 is 13.4 Å². The third-order valence-electron chi connectivity index (χ3n) is 1.000. The summed E-state index contributed by atoms with van der Waals surface area (Å²) in [4.78, 5) is 45.3. The van der Waals surface area contributed by atoms with Crippen molar-refractivity contribution in [3.05, 3.63) is 0 Å². The minimum absolute atomic E-state index is 0. The molecular formula is C8H29NO6P2S2. The highest BCUT2D eigenvalue weighted by Crippen LogP contribution is 2.26. The van der Waals surface area contributed by atoms with Gasteiger partial charge in [-0.05, 0) is 23.6 Å². The Balaban J connectivity index is -0.0000000453. The monoisotopic (exact) mass is 361 g/mol. The molecule has 0 saturated carbocycles. The summed E-state index contributed by atoms with van der Waals surface area (Å²) >= 11 is 7.21. The highest BCUT2D eigenvalue weighted by atomic mass is 32.5. The Bertz CT molecular complexity index is 189. The molecule has 0 aromatic carbocycles. The van der Waals surface area contributed by atoms with Gasteiger partial charge in [0, 0.05) is 0 Å². The molecule has 0 aliphatic carbocycles. The fourth-order valence-corrected chi connectivity index (χ4v) is 0. The average molecular weight is 361 g/mol. The fraction of sp³-hybridized carbons (Fsp3) is 1.00. The van der Waals surface area contributed by atoms with Gasteiger partial charge in [0.2, 0.25) is 0 Å². The second-order valence-corrected chi connectivity index (χ2v) is 8.02. The van der Waals surface area contributed by atoms with E-state index in [2.05, 4.69) is 51.3 Å². The second kappa shape index (κ2) is 21.3. The van der Waals surface area contributed by atoms with E-state index < -0.39 is 13.4 Å². The summed E-state index contributed by atoms with van der Waals surface area (Å²) in [5.41, 5.74) is 0. The molecule has 0 aliphatic heterocycles. The van der Waals surface area contributed by atoms with Gasteiger partial charge in [0.1, 0.15) is 0 Å². The van der Waals surface area contributed by atoms with Crippen molar-refractivity contribution < 1.29 is 29.4 Å². The molecule has 0 radical (unpaired) electrons. The average Bonchev–Trinajstić information content (AvgIpc) is 2.12. The van der Waals surface area contributed by atoms with E-state index in [-0.39, 0.29) is 6.15 Å². The molecule has 0 heterocycles. The molecule has 0 aliphatic rings. The Hall–Kier alpha value is 1.02. The lowest BCUT2D eigenvalue weighted by Gasteiger charge is -1.88. The van der Waals surface area contributed by atoms with E-state index in [1.54, 1.807) is 0 Å². The summed E-state index contributed by atoms with van der Waals surface area (Å²) in [6.07, 6.45) is 5.28. The van der Waals surface area contributed by atoms with E-state index >= 15 is 0 Å². The van der Waals surface area contributed by atoms with Gasteiger partial charge in [0.15, 0.2) is 0 Å². The van der Waals surface area contributed by atoms with Crippen LogP contribution in [0.25, 0.3) is 0 Å². The van der Waals surface area contributed by atoms with Gasteiger partial charge in [-0.15, -0.1) is 0 Å². The molecule has 0 aromatic heterocycles. The Morgan fingerprint density at radius 3 is 0.632 bits per heavy atom. The molecule has 0 saturated heterocycles. The molecule has 0 fully saturated rings. The zero-order valence-corrected chi connectivity index (χ0v) is 15.4. The SMILES string of the molecule is CCCC.CCCC.N.OP(O)(O)=S.OP(O)(O)=S. The zero-order valence-electron chi connectivity index (χ0n) is 11.9. The van der Waals surface area contributed by atoms with Crippen LogP contribution < -0.4 is 6.15 Å². The van der Waals surface area contributed by atoms with Gasteiger partial charge < -0.3 is 35.5 Å². The predicted molar refractivity (Wildman–Crippen MR) is 88.1 cm³/mol. The summed E-state index contributed by atoms with van der Waals surface area (Å²) in [6, 6.07) is 0. The van der Waals surface area contributed by atoms with E-state index in [1.165, 1.54) is 25.7 Å². The van der Waals surface area contributed by atoms with E-state index in [0.717, 1.165) is 0 Å². The minimum Gasteiger partial charge on any atom is -0.344 e. The highest BCUT2D eigenvalue weighted by molar-refractivity contribution is 8.06. The second-order valence-electron chi connectivity index (χ2n) is 3.03. The van der Waals surface area contributed by atoms with Crippen LogP contribution in [0.4, 0.5) is 0 Å². The molecule has 124 valence electrons. The molecule has 0 amide bonds. The van der Waals surface area contributed by atoms with Crippen molar-refractivity contribution in [1.82, 2.24) is 6.15 Å². The van der Waals surface area contributed by atoms with E-state index in [1.807, 2.05) is 0 Å². The van der Waals surface area contributed by atoms with Gasteiger partial charge in [0.05, 0.1) is 0 Å². The van der Waals surface area contributed by atoms with Gasteiger partial charge in [-0.3, -0.25) is 0 Å². The van der Waals surface area contributed by atoms with Crippen LogP contribution in [0, 0.1) is 0 Å². The summed E-state index contributed by atoms with van der Waals surface area (Å²) in [5.74, 6) is 0. The third-order valence-corrected chi connectivity index (χ3v) is 1.000. The summed E-state index contributed by atoms with van der Waals surface area (Å²) in [5, 5.41) is 0. The first kappa shape index (κ1) is 32.1. The molecule has 11 heteroatoms. The summed E-state index contributed by atoms with van der Waals surface area (Å²) in [6.45, 7) is 1.11. The lowest BCUT2D eigenvalue weighted by atomic mass is 10.4. The lowest BCUT2D eigenvalue weighted by Crippen LogP contribution is -1.65. The molecule has 0 unspecified atom stereocenters. The van der Waals surface area contributed by atoms with Crippen molar-refractivity contribution in [3.8, 4) is 0 Å². The van der Waals surface area contributed by atoms with E-state index in [9.17, 15) is 0 Å². The Kier molecular flexibility index (Phi) is 36.0. The maximum Gasteiger partial charge on any atom is 0.319 e. The normalized spacial score (nSPS) is 9.37. The highest BCUT2D eigenvalue weighted by Gasteiger charge is 1.92. The first-order chi connectivity index (χ1) is 7.83. The lowest BCUT2D eigenvalue weighted by molar-refractivity contribution is 0.361. The van der Waals surface area contributed by atoms with E-state index in [0.29, 0.717) is 0 Å². The number of rotatable bonds is 2. The van der Waals surface area contributed by atoms with Crippen molar-refractivity contribution in [2.75, 3.05) is 0 Å². The van der Waals surface area contributed by atoms with Crippen molar-refractivity contribution in [1.29, 1.82) is 0 Å². The van der Waals surface area contributed by atoms with Gasteiger partial charge in [-0.25, -0.2) is 0 Å². The van der Waals surface area contributed by atoms with Crippen LogP contribution in [0.5, 0.6) is 0 Å². The van der Waals surface area contributed by atoms with Crippen molar-refractivity contribution in [2.24, 2.45) is 0 Å². The topological polar surface area (TPSA) is 156 Å². The van der Waals surface area contributed by atoms with Crippen LogP contribution in [-0.4, -0.2) is 29.4 Å². The third kappa shape index (κ3) is 604. The molecule has 19 heavy (non-hydrogen) atoms. The minimum atomic E-state index is -3.81. The van der Waals surface area contributed by atoms with Crippen LogP contribution in [0.3, 0.4) is 0 Å². The largest absolute Gasteiger partial charge is 0.344 e. The van der Waals surface area contributed by atoms with Crippen LogP contribution in [-0.2, 0) is 23.6 Å². The van der Waals surface area contributed by atoms with Gasteiger partial charge >= 0.3 is 13.4 Å². The number of hydrogen-bond acceptors (Lipinski definition) is 3. The number of unbranched alkanes of at least 4 members (excludes halogenated alkanes) is 2. The maximum atomic E-state index is 7.56. The smallest absolute Gasteiger partial charge is 0.319 e. The van der Waals surface area contributed by atoms with Crippen LogP contribution in [0.2, 0.25) is 0 Å². The molecule has 0 atom stereocenters. The Morgan fingerprint density at radius 2 is 0.632 bits per heavy atom. The zero-order chi connectivity index (χ0) is 15.8. The molecule has 0 rings (SSSR count). The van der Waals surface area contributed by atoms with Crippen LogP contribution in [0.1, 0.15) is 53.4 Å². The Morgan fingerprint density at radius 1 is 0.579 bits per heavy atom. The van der Waals surface area contributed by atoms with E-state index in [4.69, 9.17) is 29.4 Å². The molecule has 0 aromatic rings. The molecule has 0 spiro atoms. The summed E-state index contributed by atoms with van der Waals surface area (Å²) < 4.78 is 0. The van der Waals surface area contributed by atoms with Crippen molar-refractivity contribution >= 4 is 37.1 Å². The van der Waals surface area contributed by atoms with Crippen LogP contribution in [0.15, 0.2) is 0 Å². The fourth-order valence-electron chi connectivity index (χ4n) is 0. The first-order valence-electron chi connectivity index (χ1n) is 5.39. The molecule has 0 bridgehead atoms. The van der Waals surface area contributed by atoms with Gasteiger partial charge in [0.25, 0.3) is 0 Å². The quantitative estimate of drug-likeness (QED) is 0.366. The first-order valence-corrected chi connectivity index (χ1v) is 10.7. The predicted octanol–water partition coefficient (Wildman–Crippen LogP) is 2.15. The molecule has 7 nitrogen and oxygen atoms in total. The van der Waals surface area contributed by atoms with Crippen molar-refractivity contribution in [2.45, 2.75) is 53.4 Å². The van der Waals surface area contributed by atoms with Crippen molar-refractivity contribution in [3.63, 3.8) is 0 Å². The molecule has 9 N–H and O–H groups in total. The Labute approximate surface area is 126 Å². The summed E-state index contributed by atoms with van der Waals surface area (Å²) in [7, 11) is 0. The van der Waals surface area contributed by atoms with Gasteiger partial charge in [-0.1, -0.05) is 53.4 Å². The van der Waals surface area contributed by atoms with Gasteiger partial charge in [-0.2, -0.15) is 0 Å². The molecular weight excluding hydrogens is 332 g/mol. The number of hydrogen-bond donors (Lipinski definition) is 7.